The third kappa shape index (κ3) is 4.17. The van der Waals surface area contributed by atoms with Crippen molar-refractivity contribution >= 4 is 21.4 Å². The summed E-state index contributed by atoms with van der Waals surface area (Å²) in [5, 5.41) is 8.63. The van der Waals surface area contributed by atoms with Crippen LogP contribution in [-0.4, -0.2) is 20.4 Å². The largest absolute Gasteiger partial charge is 0.315 e. The first-order valence-corrected chi connectivity index (χ1v) is 7.62. The first kappa shape index (κ1) is 13.6. The quantitative estimate of drug-likeness (QED) is 0.787. The van der Waals surface area contributed by atoms with E-state index in [1.54, 1.807) is 0 Å². The van der Waals surface area contributed by atoms with Gasteiger partial charge >= 0.3 is 0 Å². The average molecular weight is 263 g/mol. The number of sulfonamides is 1. The van der Waals surface area contributed by atoms with Gasteiger partial charge in [0, 0.05) is 11.4 Å². The van der Waals surface area contributed by atoms with Crippen LogP contribution in [0.3, 0.4) is 0 Å². The summed E-state index contributed by atoms with van der Waals surface area (Å²) in [5.74, 6) is -0.169. The molecule has 0 spiro atoms. The highest BCUT2D eigenvalue weighted by Crippen LogP contribution is 2.21. The minimum absolute atomic E-state index is 0.169. The van der Waals surface area contributed by atoms with Crippen LogP contribution in [0, 0.1) is 0 Å². The van der Waals surface area contributed by atoms with E-state index in [9.17, 15) is 8.42 Å². The lowest BCUT2D eigenvalue weighted by Crippen LogP contribution is -2.14. The molecule has 0 radical (unpaired) electrons. The summed E-state index contributed by atoms with van der Waals surface area (Å²) in [4.78, 5) is 5.42. The summed E-state index contributed by atoms with van der Waals surface area (Å²) >= 11 is 1.42. The molecule has 7 heteroatoms. The number of thiazole rings is 1. The number of primary sulfonamides is 1. The highest BCUT2D eigenvalue weighted by atomic mass is 32.2. The van der Waals surface area contributed by atoms with Crippen molar-refractivity contribution in [1.82, 2.24) is 10.3 Å². The normalized spacial score (nSPS) is 11.9. The molecule has 0 amide bonds. The van der Waals surface area contributed by atoms with Gasteiger partial charge < -0.3 is 5.32 Å². The number of aromatic nitrogens is 1. The van der Waals surface area contributed by atoms with Gasteiger partial charge in [0.25, 0.3) is 0 Å². The first-order valence-electron chi connectivity index (χ1n) is 5.08. The lowest BCUT2D eigenvalue weighted by molar-refractivity contribution is 0.597. The fourth-order valence-corrected chi connectivity index (χ4v) is 3.46. The molecule has 1 aromatic rings. The van der Waals surface area contributed by atoms with Gasteiger partial charge in [-0.1, -0.05) is 13.3 Å². The van der Waals surface area contributed by atoms with E-state index >= 15 is 0 Å². The van der Waals surface area contributed by atoms with E-state index in [-0.39, 0.29) is 5.75 Å². The van der Waals surface area contributed by atoms with Crippen molar-refractivity contribution < 1.29 is 8.42 Å². The molecular formula is C9H17N3O2S2. The van der Waals surface area contributed by atoms with Crippen molar-refractivity contribution in [2.24, 2.45) is 5.14 Å². The molecule has 0 aromatic carbocycles. The minimum Gasteiger partial charge on any atom is -0.315 e. The Kier molecular flexibility index (Phi) is 4.85. The molecular weight excluding hydrogens is 246 g/mol. The second kappa shape index (κ2) is 5.72. The summed E-state index contributed by atoms with van der Waals surface area (Å²) in [6, 6.07) is 0. The van der Waals surface area contributed by atoms with Crippen LogP contribution in [0.1, 0.15) is 28.9 Å². The Bertz CT molecular complexity index is 416. The smallest absolute Gasteiger partial charge is 0.215 e. The minimum atomic E-state index is -3.48. The number of aryl methyl sites for hydroxylation is 1. The lowest BCUT2D eigenvalue weighted by atomic mass is 10.2. The fourth-order valence-electron chi connectivity index (χ4n) is 1.40. The number of nitrogens with zero attached hydrogens (tertiary/aromatic N) is 1. The highest BCUT2D eigenvalue weighted by Gasteiger charge is 2.13. The Morgan fingerprint density at radius 1 is 1.50 bits per heavy atom. The molecule has 0 aliphatic heterocycles. The highest BCUT2D eigenvalue weighted by molar-refractivity contribution is 7.88. The second-order valence-electron chi connectivity index (χ2n) is 3.57. The Labute approximate surface area is 100 Å². The molecule has 92 valence electrons. The van der Waals surface area contributed by atoms with Crippen LogP contribution >= 0.6 is 11.3 Å². The third-order valence-corrected chi connectivity index (χ3v) is 3.93. The van der Waals surface area contributed by atoms with E-state index in [1.807, 2.05) is 7.05 Å². The zero-order chi connectivity index (χ0) is 12.2. The van der Waals surface area contributed by atoms with E-state index in [0.29, 0.717) is 5.01 Å². The average Bonchev–Trinajstić information content (AvgIpc) is 2.46. The Morgan fingerprint density at radius 3 is 2.69 bits per heavy atom. The molecule has 0 bridgehead atoms. The molecule has 0 saturated carbocycles. The predicted octanol–water partition coefficient (Wildman–Crippen LogP) is 0.604. The third-order valence-electron chi connectivity index (χ3n) is 1.97. The molecule has 0 aliphatic rings. The summed E-state index contributed by atoms with van der Waals surface area (Å²) in [5.41, 5.74) is 0.987. The van der Waals surface area contributed by atoms with Gasteiger partial charge in [0.2, 0.25) is 10.0 Å². The topological polar surface area (TPSA) is 85.1 Å². The molecule has 16 heavy (non-hydrogen) atoms. The van der Waals surface area contributed by atoms with Gasteiger partial charge in [-0.25, -0.2) is 18.5 Å². The van der Waals surface area contributed by atoms with Crippen LogP contribution in [0.4, 0.5) is 0 Å². The van der Waals surface area contributed by atoms with Gasteiger partial charge in [-0.2, -0.15) is 0 Å². The molecule has 0 atom stereocenters. The van der Waals surface area contributed by atoms with Gasteiger partial charge in [0.1, 0.15) is 10.8 Å². The molecule has 1 rings (SSSR count). The predicted molar refractivity (Wildman–Crippen MR) is 65.7 cm³/mol. The molecule has 0 unspecified atom stereocenters. The van der Waals surface area contributed by atoms with E-state index in [2.05, 4.69) is 17.2 Å². The van der Waals surface area contributed by atoms with Crippen LogP contribution in [0.5, 0.6) is 0 Å². The van der Waals surface area contributed by atoms with Gasteiger partial charge in [-0.05, 0) is 13.5 Å². The van der Waals surface area contributed by atoms with Gasteiger partial charge in [0.05, 0.1) is 5.69 Å². The summed E-state index contributed by atoms with van der Waals surface area (Å²) in [7, 11) is -1.63. The van der Waals surface area contributed by atoms with E-state index in [4.69, 9.17) is 5.14 Å². The molecule has 1 aromatic heterocycles. The number of hydrogen-bond donors (Lipinski definition) is 2. The second-order valence-corrected chi connectivity index (χ2v) is 6.35. The zero-order valence-electron chi connectivity index (χ0n) is 9.49. The lowest BCUT2D eigenvalue weighted by Gasteiger charge is -1.98. The number of hydrogen-bond acceptors (Lipinski definition) is 5. The van der Waals surface area contributed by atoms with Crippen LogP contribution in [0.15, 0.2) is 0 Å². The molecule has 0 aliphatic carbocycles. The number of nitrogens with one attached hydrogen (secondary N) is 1. The van der Waals surface area contributed by atoms with Gasteiger partial charge in [0.15, 0.2) is 0 Å². The standard InChI is InChI=1S/C9H17N3O2S2/c1-3-4-7-8(5-11-2)15-9(12-7)6-16(10,13)14/h11H,3-6H2,1-2H3,(H2,10,13,14). The van der Waals surface area contributed by atoms with Crippen LogP contribution in [0.25, 0.3) is 0 Å². The van der Waals surface area contributed by atoms with Crippen molar-refractivity contribution in [3.05, 3.63) is 15.6 Å². The maximum Gasteiger partial charge on any atom is 0.215 e. The number of rotatable bonds is 6. The van der Waals surface area contributed by atoms with Crippen molar-refractivity contribution in [3.8, 4) is 0 Å². The van der Waals surface area contributed by atoms with Crippen LogP contribution in [0.2, 0.25) is 0 Å². The van der Waals surface area contributed by atoms with Crippen LogP contribution < -0.4 is 10.5 Å². The maximum atomic E-state index is 11.0. The summed E-state index contributed by atoms with van der Waals surface area (Å²) in [6.07, 6.45) is 1.87. The fraction of sp³-hybridized carbons (Fsp3) is 0.667. The Balaban J connectivity index is 2.91. The summed E-state index contributed by atoms with van der Waals surface area (Å²) in [6.45, 7) is 2.79. The maximum absolute atomic E-state index is 11.0. The molecule has 3 N–H and O–H groups in total. The van der Waals surface area contributed by atoms with E-state index in [0.717, 1.165) is 30.0 Å². The van der Waals surface area contributed by atoms with Crippen molar-refractivity contribution in [2.75, 3.05) is 7.05 Å². The van der Waals surface area contributed by atoms with E-state index in [1.165, 1.54) is 11.3 Å². The van der Waals surface area contributed by atoms with Gasteiger partial charge in [-0.15, -0.1) is 11.3 Å². The Hall–Kier alpha value is -0.500. The monoisotopic (exact) mass is 263 g/mol. The molecule has 0 fully saturated rings. The van der Waals surface area contributed by atoms with Crippen LogP contribution in [-0.2, 0) is 28.7 Å². The molecule has 5 nitrogen and oxygen atoms in total. The van der Waals surface area contributed by atoms with Gasteiger partial charge in [-0.3, -0.25) is 0 Å². The zero-order valence-corrected chi connectivity index (χ0v) is 11.1. The summed E-state index contributed by atoms with van der Waals surface area (Å²) < 4.78 is 21.9. The first-order chi connectivity index (χ1) is 7.46. The number of nitrogens with two attached hydrogens (primary N) is 1. The van der Waals surface area contributed by atoms with Crippen molar-refractivity contribution in [2.45, 2.75) is 32.1 Å². The van der Waals surface area contributed by atoms with Crippen molar-refractivity contribution in [3.63, 3.8) is 0 Å². The van der Waals surface area contributed by atoms with Crippen molar-refractivity contribution in [1.29, 1.82) is 0 Å². The SMILES string of the molecule is CCCc1nc(CS(N)(=O)=O)sc1CNC. The van der Waals surface area contributed by atoms with E-state index < -0.39 is 10.0 Å². The molecule has 0 saturated heterocycles. The molecule has 1 heterocycles. The Morgan fingerprint density at radius 2 is 2.19 bits per heavy atom.